The van der Waals surface area contributed by atoms with Gasteiger partial charge in [-0.1, -0.05) is 13.0 Å². The van der Waals surface area contributed by atoms with Crippen LogP contribution >= 0.6 is 0 Å². The molecule has 0 unspecified atom stereocenters. The number of carbonyl (C=O) groups is 1. The van der Waals surface area contributed by atoms with Crippen molar-refractivity contribution in [2.75, 3.05) is 14.2 Å². The zero-order valence-electron chi connectivity index (χ0n) is 8.66. The van der Waals surface area contributed by atoms with Crippen molar-refractivity contribution in [3.05, 3.63) is 29.3 Å². The molecule has 1 aromatic rings. The van der Waals surface area contributed by atoms with Gasteiger partial charge < -0.3 is 9.47 Å². The van der Waals surface area contributed by atoms with Crippen LogP contribution in [0.5, 0.6) is 5.75 Å². The first-order valence-corrected chi connectivity index (χ1v) is 4.48. The van der Waals surface area contributed by atoms with E-state index in [0.717, 1.165) is 17.7 Å². The molecule has 76 valence electrons. The molecule has 0 N–H and O–H groups in total. The SMILES string of the molecule is CCc1c(OC)cccc1C(=O)OC. The minimum atomic E-state index is -0.319. The molecule has 14 heavy (non-hydrogen) atoms. The first-order chi connectivity index (χ1) is 6.74. The van der Waals surface area contributed by atoms with Gasteiger partial charge in [-0.3, -0.25) is 0 Å². The highest BCUT2D eigenvalue weighted by atomic mass is 16.5. The van der Waals surface area contributed by atoms with E-state index in [4.69, 9.17) is 4.74 Å². The molecule has 0 spiro atoms. The maximum Gasteiger partial charge on any atom is 0.338 e. The fraction of sp³-hybridized carbons (Fsp3) is 0.364. The molecule has 0 aliphatic rings. The van der Waals surface area contributed by atoms with E-state index in [9.17, 15) is 4.79 Å². The second-order valence-corrected chi connectivity index (χ2v) is 2.83. The fourth-order valence-corrected chi connectivity index (χ4v) is 1.42. The number of hydrogen-bond acceptors (Lipinski definition) is 3. The van der Waals surface area contributed by atoms with Crippen LogP contribution < -0.4 is 4.74 Å². The van der Waals surface area contributed by atoms with E-state index < -0.39 is 0 Å². The molecule has 0 fully saturated rings. The molecule has 0 atom stereocenters. The quantitative estimate of drug-likeness (QED) is 0.691. The average molecular weight is 194 g/mol. The lowest BCUT2D eigenvalue weighted by molar-refractivity contribution is 0.0599. The Balaban J connectivity index is 3.21. The highest BCUT2D eigenvalue weighted by molar-refractivity contribution is 5.91. The Kier molecular flexibility index (Phi) is 3.51. The van der Waals surface area contributed by atoms with Gasteiger partial charge in [-0.2, -0.15) is 0 Å². The van der Waals surface area contributed by atoms with Crippen LogP contribution in [-0.2, 0) is 11.2 Å². The van der Waals surface area contributed by atoms with Gasteiger partial charge >= 0.3 is 5.97 Å². The third kappa shape index (κ3) is 1.87. The summed E-state index contributed by atoms with van der Waals surface area (Å²) in [6.45, 7) is 1.98. The predicted octanol–water partition coefficient (Wildman–Crippen LogP) is 2.04. The summed E-state index contributed by atoms with van der Waals surface area (Å²) in [6.07, 6.45) is 0.744. The number of hydrogen-bond donors (Lipinski definition) is 0. The number of rotatable bonds is 3. The van der Waals surface area contributed by atoms with E-state index in [2.05, 4.69) is 4.74 Å². The van der Waals surface area contributed by atoms with E-state index in [1.54, 1.807) is 19.2 Å². The highest BCUT2D eigenvalue weighted by Crippen LogP contribution is 2.23. The average Bonchev–Trinajstić information content (AvgIpc) is 2.26. The lowest BCUT2D eigenvalue weighted by Crippen LogP contribution is -2.06. The Hall–Kier alpha value is -1.51. The van der Waals surface area contributed by atoms with Gasteiger partial charge in [-0.15, -0.1) is 0 Å². The predicted molar refractivity (Wildman–Crippen MR) is 53.7 cm³/mol. The van der Waals surface area contributed by atoms with Crippen molar-refractivity contribution in [1.29, 1.82) is 0 Å². The molecule has 0 saturated heterocycles. The van der Waals surface area contributed by atoms with Crippen molar-refractivity contribution in [2.45, 2.75) is 13.3 Å². The van der Waals surface area contributed by atoms with Gasteiger partial charge in [-0.25, -0.2) is 4.79 Å². The molecule has 0 radical (unpaired) electrons. The molecule has 3 nitrogen and oxygen atoms in total. The lowest BCUT2D eigenvalue weighted by atomic mass is 10.0. The topological polar surface area (TPSA) is 35.5 Å². The second-order valence-electron chi connectivity index (χ2n) is 2.83. The van der Waals surface area contributed by atoms with Crippen LogP contribution in [0.25, 0.3) is 0 Å². The summed E-state index contributed by atoms with van der Waals surface area (Å²) in [4.78, 5) is 11.4. The third-order valence-corrected chi connectivity index (χ3v) is 2.11. The molecule has 1 aromatic carbocycles. The van der Waals surface area contributed by atoms with Crippen LogP contribution in [0.15, 0.2) is 18.2 Å². The Morgan fingerprint density at radius 2 is 2.07 bits per heavy atom. The standard InChI is InChI=1S/C11H14O3/c1-4-8-9(11(12)14-3)6-5-7-10(8)13-2/h5-7H,4H2,1-3H3. The lowest BCUT2D eigenvalue weighted by Gasteiger charge is -2.10. The molecule has 0 saturated carbocycles. The number of esters is 1. The van der Waals surface area contributed by atoms with E-state index in [0.29, 0.717) is 5.56 Å². The fourth-order valence-electron chi connectivity index (χ4n) is 1.42. The van der Waals surface area contributed by atoms with Crippen LogP contribution in [0.4, 0.5) is 0 Å². The molecule has 0 heterocycles. The normalized spacial score (nSPS) is 9.64. The molecular weight excluding hydrogens is 180 g/mol. The summed E-state index contributed by atoms with van der Waals surface area (Å²) in [5, 5.41) is 0. The van der Waals surface area contributed by atoms with Gasteiger partial charge in [0.2, 0.25) is 0 Å². The van der Waals surface area contributed by atoms with E-state index in [1.165, 1.54) is 7.11 Å². The van der Waals surface area contributed by atoms with E-state index in [-0.39, 0.29) is 5.97 Å². The summed E-state index contributed by atoms with van der Waals surface area (Å²) in [7, 11) is 2.97. The maximum absolute atomic E-state index is 11.4. The number of carbonyl (C=O) groups excluding carboxylic acids is 1. The van der Waals surface area contributed by atoms with Crippen LogP contribution in [0.3, 0.4) is 0 Å². The van der Waals surface area contributed by atoms with Gasteiger partial charge in [0.15, 0.2) is 0 Å². The zero-order valence-corrected chi connectivity index (χ0v) is 8.66. The summed E-state index contributed by atoms with van der Waals surface area (Å²) in [5.41, 5.74) is 1.47. The first kappa shape index (κ1) is 10.6. The molecule has 0 aliphatic heterocycles. The van der Waals surface area contributed by atoms with E-state index in [1.807, 2.05) is 13.0 Å². The minimum absolute atomic E-state index is 0.319. The number of benzene rings is 1. The second kappa shape index (κ2) is 4.65. The van der Waals surface area contributed by atoms with Crippen molar-refractivity contribution >= 4 is 5.97 Å². The largest absolute Gasteiger partial charge is 0.496 e. The molecule has 0 amide bonds. The first-order valence-electron chi connectivity index (χ1n) is 4.48. The van der Waals surface area contributed by atoms with E-state index >= 15 is 0 Å². The van der Waals surface area contributed by atoms with Crippen LogP contribution in [0.1, 0.15) is 22.8 Å². The van der Waals surface area contributed by atoms with Gasteiger partial charge in [0.05, 0.1) is 19.8 Å². The summed E-state index contributed by atoms with van der Waals surface area (Å²) in [5.74, 6) is 0.413. The molecule has 0 aromatic heterocycles. The van der Waals surface area contributed by atoms with Crippen LogP contribution in [0, 0.1) is 0 Å². The van der Waals surface area contributed by atoms with Gasteiger partial charge in [0.1, 0.15) is 5.75 Å². The van der Waals surface area contributed by atoms with Crippen molar-refractivity contribution in [3.63, 3.8) is 0 Å². The van der Waals surface area contributed by atoms with Crippen LogP contribution in [-0.4, -0.2) is 20.2 Å². The molecule has 3 heteroatoms. The highest BCUT2D eigenvalue weighted by Gasteiger charge is 2.13. The summed E-state index contributed by atoms with van der Waals surface area (Å²) >= 11 is 0. The summed E-state index contributed by atoms with van der Waals surface area (Å²) < 4.78 is 9.85. The Bertz CT molecular complexity index is 331. The molecule has 0 bridgehead atoms. The molecular formula is C11H14O3. The van der Waals surface area contributed by atoms with Crippen molar-refractivity contribution in [1.82, 2.24) is 0 Å². The van der Waals surface area contributed by atoms with Gasteiger partial charge in [0.25, 0.3) is 0 Å². The summed E-state index contributed by atoms with van der Waals surface area (Å²) in [6, 6.07) is 5.36. The monoisotopic (exact) mass is 194 g/mol. The number of methoxy groups -OCH3 is 2. The third-order valence-electron chi connectivity index (χ3n) is 2.11. The Morgan fingerprint density at radius 1 is 1.36 bits per heavy atom. The maximum atomic E-state index is 11.4. The molecule has 0 aliphatic carbocycles. The Morgan fingerprint density at radius 3 is 2.57 bits per heavy atom. The zero-order chi connectivity index (χ0) is 10.6. The van der Waals surface area contributed by atoms with Crippen molar-refractivity contribution < 1.29 is 14.3 Å². The Labute approximate surface area is 83.6 Å². The van der Waals surface area contributed by atoms with Crippen LogP contribution in [0.2, 0.25) is 0 Å². The minimum Gasteiger partial charge on any atom is -0.496 e. The smallest absolute Gasteiger partial charge is 0.338 e. The molecule has 1 rings (SSSR count). The van der Waals surface area contributed by atoms with Crippen molar-refractivity contribution in [3.8, 4) is 5.75 Å². The van der Waals surface area contributed by atoms with Crippen molar-refractivity contribution in [2.24, 2.45) is 0 Å². The van der Waals surface area contributed by atoms with Gasteiger partial charge in [0, 0.05) is 5.56 Å². The van der Waals surface area contributed by atoms with Gasteiger partial charge in [-0.05, 0) is 18.6 Å². The number of ether oxygens (including phenoxy) is 2.